The Hall–Kier alpha value is -1.86. The fourth-order valence-electron chi connectivity index (χ4n) is 3.68. The Kier molecular flexibility index (Phi) is 6.25. The number of rotatable bonds is 6. The molecule has 2 aliphatic rings. The largest absolute Gasteiger partial charge is 0.379 e. The zero-order valence-corrected chi connectivity index (χ0v) is 18.2. The summed E-state index contributed by atoms with van der Waals surface area (Å²) in [6, 6.07) is 15.1. The van der Waals surface area contributed by atoms with E-state index in [1.54, 1.807) is 11.8 Å². The molecule has 0 bridgehead atoms. The Morgan fingerprint density at radius 2 is 1.83 bits per heavy atom. The van der Waals surface area contributed by atoms with E-state index in [1.165, 1.54) is 15.5 Å². The van der Waals surface area contributed by atoms with E-state index in [4.69, 9.17) is 4.74 Å². The van der Waals surface area contributed by atoms with Crippen LogP contribution in [-0.4, -0.2) is 75.1 Å². The molecule has 29 heavy (non-hydrogen) atoms. The first kappa shape index (κ1) is 20.4. The summed E-state index contributed by atoms with van der Waals surface area (Å²) >= 11 is 1.78. The van der Waals surface area contributed by atoms with Crippen LogP contribution in [0.2, 0.25) is 0 Å². The smallest absolute Gasteiger partial charge is 0.176 e. The van der Waals surface area contributed by atoms with Crippen LogP contribution in [0.15, 0.2) is 52.3 Å². The maximum atomic E-state index is 13.0. The van der Waals surface area contributed by atoms with Gasteiger partial charge in [-0.15, -0.1) is 0 Å². The van der Waals surface area contributed by atoms with E-state index < -0.39 is 0 Å². The van der Waals surface area contributed by atoms with Crippen molar-refractivity contribution in [2.24, 2.45) is 0 Å². The predicted molar refractivity (Wildman–Crippen MR) is 119 cm³/mol. The van der Waals surface area contributed by atoms with E-state index in [2.05, 4.69) is 72.1 Å². The Balaban J connectivity index is 1.63. The first-order valence-corrected chi connectivity index (χ1v) is 11.0. The standard InChI is InChI=1S/C23H29N3O2S/c1-17(24(2)3)15-26-19-6-4-5-7-22(19)29-23-9-8-18(14-20(23)26)21(27)16-25-10-12-28-13-11-25/h4-9,14,17H,10-13,15-16H2,1-3H3. The Morgan fingerprint density at radius 1 is 1.10 bits per heavy atom. The van der Waals surface area contributed by atoms with Crippen LogP contribution in [0.25, 0.3) is 0 Å². The summed E-state index contributed by atoms with van der Waals surface area (Å²) in [5, 5.41) is 0. The summed E-state index contributed by atoms with van der Waals surface area (Å²) in [7, 11) is 4.22. The van der Waals surface area contributed by atoms with Gasteiger partial charge in [-0.1, -0.05) is 30.0 Å². The molecule has 2 aromatic rings. The van der Waals surface area contributed by atoms with Gasteiger partial charge in [0.1, 0.15) is 0 Å². The molecule has 2 aliphatic heterocycles. The average Bonchev–Trinajstić information content (AvgIpc) is 2.73. The van der Waals surface area contributed by atoms with Gasteiger partial charge in [-0.25, -0.2) is 0 Å². The Labute approximate surface area is 177 Å². The molecule has 1 unspecified atom stereocenters. The highest BCUT2D eigenvalue weighted by Gasteiger charge is 2.26. The average molecular weight is 412 g/mol. The van der Waals surface area contributed by atoms with Gasteiger partial charge in [0.05, 0.1) is 31.1 Å². The lowest BCUT2D eigenvalue weighted by Crippen LogP contribution is -2.39. The summed E-state index contributed by atoms with van der Waals surface area (Å²) in [5.41, 5.74) is 3.14. The number of ether oxygens (including phenoxy) is 1. The van der Waals surface area contributed by atoms with E-state index >= 15 is 0 Å². The number of carbonyl (C=O) groups excluding carboxylic acids is 1. The van der Waals surface area contributed by atoms with Gasteiger partial charge in [-0.05, 0) is 45.3 Å². The number of para-hydroxylation sites is 1. The van der Waals surface area contributed by atoms with Gasteiger partial charge in [0.15, 0.2) is 5.78 Å². The maximum Gasteiger partial charge on any atom is 0.176 e. The summed E-state index contributed by atoms with van der Waals surface area (Å²) in [6.07, 6.45) is 0. The minimum Gasteiger partial charge on any atom is -0.379 e. The third-order valence-corrected chi connectivity index (χ3v) is 6.88. The van der Waals surface area contributed by atoms with E-state index in [-0.39, 0.29) is 5.78 Å². The minimum absolute atomic E-state index is 0.180. The molecular weight excluding hydrogens is 382 g/mol. The van der Waals surface area contributed by atoms with Crippen molar-refractivity contribution in [1.29, 1.82) is 0 Å². The second-order valence-electron chi connectivity index (χ2n) is 7.99. The highest BCUT2D eigenvalue weighted by Crippen LogP contribution is 2.48. The van der Waals surface area contributed by atoms with Crippen LogP contribution in [0, 0.1) is 0 Å². The van der Waals surface area contributed by atoms with Gasteiger partial charge in [0.2, 0.25) is 0 Å². The molecular formula is C23H29N3O2S. The van der Waals surface area contributed by atoms with Crippen molar-refractivity contribution in [3.05, 3.63) is 48.0 Å². The van der Waals surface area contributed by atoms with Crippen molar-refractivity contribution in [3.8, 4) is 0 Å². The molecule has 2 heterocycles. The number of hydrogen-bond acceptors (Lipinski definition) is 6. The highest BCUT2D eigenvalue weighted by molar-refractivity contribution is 7.99. The Bertz CT molecular complexity index is 880. The zero-order valence-electron chi connectivity index (χ0n) is 17.4. The number of carbonyl (C=O) groups is 1. The van der Waals surface area contributed by atoms with E-state index in [1.807, 2.05) is 6.07 Å². The van der Waals surface area contributed by atoms with Crippen LogP contribution >= 0.6 is 11.8 Å². The topological polar surface area (TPSA) is 36.0 Å². The number of benzene rings is 2. The van der Waals surface area contributed by atoms with Crippen molar-refractivity contribution < 1.29 is 9.53 Å². The zero-order chi connectivity index (χ0) is 20.4. The minimum atomic E-state index is 0.180. The number of nitrogens with zero attached hydrogens (tertiary/aromatic N) is 3. The van der Waals surface area contributed by atoms with Crippen molar-refractivity contribution in [3.63, 3.8) is 0 Å². The number of ketones is 1. The molecule has 0 aliphatic carbocycles. The lowest BCUT2D eigenvalue weighted by Gasteiger charge is -2.36. The molecule has 6 heteroatoms. The van der Waals surface area contributed by atoms with Crippen LogP contribution in [0.5, 0.6) is 0 Å². The lowest BCUT2D eigenvalue weighted by atomic mass is 10.1. The highest BCUT2D eigenvalue weighted by atomic mass is 32.2. The molecule has 0 aromatic heterocycles. The molecule has 1 atom stereocenters. The molecule has 0 radical (unpaired) electrons. The van der Waals surface area contributed by atoms with Crippen LogP contribution < -0.4 is 4.90 Å². The number of Topliss-reactive ketones (excluding diaryl/α,β-unsaturated/α-hetero) is 1. The third kappa shape index (κ3) is 4.51. The Morgan fingerprint density at radius 3 is 2.59 bits per heavy atom. The first-order chi connectivity index (χ1) is 14.0. The normalized spacial score (nSPS) is 17.7. The summed E-state index contributed by atoms with van der Waals surface area (Å²) in [5.74, 6) is 0.180. The molecule has 2 aromatic carbocycles. The number of anilines is 2. The molecule has 0 saturated carbocycles. The second kappa shape index (κ2) is 8.88. The molecule has 0 N–H and O–H groups in total. The quantitative estimate of drug-likeness (QED) is 0.674. The van der Waals surface area contributed by atoms with Gasteiger partial charge >= 0.3 is 0 Å². The molecule has 154 valence electrons. The number of hydrogen-bond donors (Lipinski definition) is 0. The molecule has 1 saturated heterocycles. The van der Waals surface area contributed by atoms with Gasteiger partial charge in [0.25, 0.3) is 0 Å². The van der Waals surface area contributed by atoms with Crippen molar-refractivity contribution in [1.82, 2.24) is 9.80 Å². The number of likely N-dealkylation sites (N-methyl/N-ethyl adjacent to an activating group) is 1. The molecule has 4 rings (SSSR count). The maximum absolute atomic E-state index is 13.0. The fourth-order valence-corrected chi connectivity index (χ4v) is 4.76. The molecule has 0 amide bonds. The third-order valence-electron chi connectivity index (χ3n) is 5.75. The van der Waals surface area contributed by atoms with Gasteiger partial charge in [0, 0.05) is 41.0 Å². The number of morpholine rings is 1. The summed E-state index contributed by atoms with van der Waals surface area (Å²) in [4.78, 5) is 22.2. The molecule has 0 spiro atoms. The van der Waals surface area contributed by atoms with Crippen LogP contribution in [0.4, 0.5) is 11.4 Å². The number of fused-ring (bicyclic) bond motifs is 2. The van der Waals surface area contributed by atoms with Crippen molar-refractivity contribution in [2.45, 2.75) is 22.8 Å². The monoisotopic (exact) mass is 411 g/mol. The second-order valence-corrected chi connectivity index (χ2v) is 9.07. The summed E-state index contributed by atoms with van der Waals surface area (Å²) < 4.78 is 5.40. The van der Waals surface area contributed by atoms with E-state index in [0.29, 0.717) is 25.8 Å². The van der Waals surface area contributed by atoms with Gasteiger partial charge in [-0.2, -0.15) is 0 Å². The van der Waals surface area contributed by atoms with E-state index in [9.17, 15) is 4.79 Å². The SMILES string of the molecule is CC(CN1c2ccccc2Sc2ccc(C(=O)CN3CCOCC3)cc21)N(C)C. The van der Waals surface area contributed by atoms with Crippen LogP contribution in [0.1, 0.15) is 17.3 Å². The summed E-state index contributed by atoms with van der Waals surface area (Å²) in [6.45, 7) is 6.64. The molecule has 5 nitrogen and oxygen atoms in total. The van der Waals surface area contributed by atoms with Crippen molar-refractivity contribution in [2.75, 3.05) is 58.4 Å². The van der Waals surface area contributed by atoms with E-state index in [0.717, 1.165) is 30.9 Å². The first-order valence-electron chi connectivity index (χ1n) is 10.2. The van der Waals surface area contributed by atoms with Gasteiger partial charge < -0.3 is 14.5 Å². The lowest BCUT2D eigenvalue weighted by molar-refractivity contribution is 0.0371. The van der Waals surface area contributed by atoms with Crippen LogP contribution in [-0.2, 0) is 4.74 Å². The van der Waals surface area contributed by atoms with Crippen molar-refractivity contribution >= 4 is 28.9 Å². The van der Waals surface area contributed by atoms with Gasteiger partial charge in [-0.3, -0.25) is 9.69 Å². The predicted octanol–water partition coefficient (Wildman–Crippen LogP) is 3.75. The molecule has 1 fully saturated rings. The fraction of sp³-hybridized carbons (Fsp3) is 0.435. The van der Waals surface area contributed by atoms with Crippen LogP contribution in [0.3, 0.4) is 0 Å².